The smallest absolute Gasteiger partial charge is 0.191 e. The van der Waals surface area contributed by atoms with E-state index in [9.17, 15) is 0 Å². The summed E-state index contributed by atoms with van der Waals surface area (Å²) in [6.07, 6.45) is 5.12. The first-order chi connectivity index (χ1) is 11.2. The fourth-order valence-electron chi connectivity index (χ4n) is 2.48. The molecule has 0 atom stereocenters. The monoisotopic (exact) mass is 316 g/mol. The van der Waals surface area contributed by atoms with Gasteiger partial charge in [-0.1, -0.05) is 0 Å². The summed E-state index contributed by atoms with van der Waals surface area (Å²) in [5.41, 5.74) is 2.29. The second kappa shape index (κ2) is 9.02. The number of aromatic nitrogens is 3. The highest BCUT2D eigenvalue weighted by molar-refractivity contribution is 5.79. The van der Waals surface area contributed by atoms with Crippen LogP contribution in [0.15, 0.2) is 35.6 Å². The summed E-state index contributed by atoms with van der Waals surface area (Å²) in [6, 6.07) is 6.19. The molecule has 0 amide bonds. The highest BCUT2D eigenvalue weighted by atomic mass is 15.3. The number of aryl methyl sites for hydroxylation is 3. The van der Waals surface area contributed by atoms with Gasteiger partial charge in [-0.15, -0.1) is 0 Å². The fourth-order valence-corrected chi connectivity index (χ4v) is 2.48. The lowest BCUT2D eigenvalue weighted by Crippen LogP contribution is -2.38. The predicted molar refractivity (Wildman–Crippen MR) is 94.7 cm³/mol. The first-order valence-corrected chi connectivity index (χ1v) is 8.33. The summed E-state index contributed by atoms with van der Waals surface area (Å²) in [5, 5.41) is 11.1. The van der Waals surface area contributed by atoms with Crippen LogP contribution in [0.25, 0.3) is 0 Å². The molecule has 2 heterocycles. The molecule has 0 saturated carbocycles. The summed E-state index contributed by atoms with van der Waals surface area (Å²) < 4.78 is 4.20. The van der Waals surface area contributed by atoms with Gasteiger partial charge in [0.15, 0.2) is 5.96 Å². The molecule has 6 heteroatoms. The number of hydrogen-bond donors (Lipinski definition) is 2. The minimum Gasteiger partial charge on any atom is -0.357 e. The van der Waals surface area contributed by atoms with Gasteiger partial charge in [0.05, 0.1) is 5.69 Å². The van der Waals surface area contributed by atoms with Crippen LogP contribution in [0.5, 0.6) is 0 Å². The van der Waals surface area contributed by atoms with E-state index in [1.807, 2.05) is 19.1 Å². The van der Waals surface area contributed by atoms with Crippen molar-refractivity contribution in [2.75, 3.05) is 19.6 Å². The molecule has 2 N–H and O–H groups in total. The molecule has 0 spiro atoms. The average Bonchev–Trinajstić information content (AvgIpc) is 3.13. The van der Waals surface area contributed by atoms with Gasteiger partial charge in [0.1, 0.15) is 0 Å². The fraction of sp³-hybridized carbons (Fsp3) is 0.529. The minimum absolute atomic E-state index is 0.789. The normalized spacial score (nSPS) is 11.7. The third kappa shape index (κ3) is 5.81. The number of rotatable bonds is 8. The molecule has 2 aromatic rings. The van der Waals surface area contributed by atoms with Gasteiger partial charge in [0.2, 0.25) is 0 Å². The molecule has 0 aliphatic rings. The van der Waals surface area contributed by atoms with E-state index in [2.05, 4.69) is 62.3 Å². The van der Waals surface area contributed by atoms with E-state index in [-0.39, 0.29) is 0 Å². The summed E-state index contributed by atoms with van der Waals surface area (Å²) in [7, 11) is 0. The van der Waals surface area contributed by atoms with Crippen molar-refractivity contribution in [1.82, 2.24) is 25.0 Å². The Morgan fingerprint density at radius 2 is 1.96 bits per heavy atom. The zero-order chi connectivity index (χ0) is 16.5. The van der Waals surface area contributed by atoms with E-state index in [0.29, 0.717) is 0 Å². The van der Waals surface area contributed by atoms with E-state index < -0.39 is 0 Å². The van der Waals surface area contributed by atoms with Crippen LogP contribution in [-0.4, -0.2) is 39.9 Å². The first kappa shape index (κ1) is 17.1. The number of hydrogen-bond acceptors (Lipinski definition) is 2. The summed E-state index contributed by atoms with van der Waals surface area (Å²) in [6.45, 7) is 10.6. The van der Waals surface area contributed by atoms with Gasteiger partial charge in [0, 0.05) is 50.8 Å². The molecule has 0 saturated heterocycles. The Labute approximate surface area is 138 Å². The van der Waals surface area contributed by atoms with Crippen molar-refractivity contribution < 1.29 is 0 Å². The molecule has 126 valence electrons. The summed E-state index contributed by atoms with van der Waals surface area (Å²) in [4.78, 5) is 4.63. The van der Waals surface area contributed by atoms with Crippen LogP contribution in [0.1, 0.15) is 24.7 Å². The topological polar surface area (TPSA) is 59.2 Å². The first-order valence-electron chi connectivity index (χ1n) is 8.33. The number of guanidine groups is 1. The maximum Gasteiger partial charge on any atom is 0.191 e. The highest BCUT2D eigenvalue weighted by Crippen LogP contribution is 2.02. The van der Waals surface area contributed by atoms with E-state index in [1.165, 1.54) is 5.69 Å². The molecule has 0 aliphatic heterocycles. The zero-order valence-corrected chi connectivity index (χ0v) is 14.4. The van der Waals surface area contributed by atoms with Gasteiger partial charge in [-0.3, -0.25) is 9.67 Å². The van der Waals surface area contributed by atoms with Crippen LogP contribution in [0, 0.1) is 13.8 Å². The lowest BCUT2D eigenvalue weighted by molar-refractivity contribution is 0.566. The molecule has 0 bridgehead atoms. The van der Waals surface area contributed by atoms with E-state index >= 15 is 0 Å². The van der Waals surface area contributed by atoms with Crippen molar-refractivity contribution >= 4 is 5.96 Å². The van der Waals surface area contributed by atoms with Gasteiger partial charge in [0.25, 0.3) is 0 Å². The summed E-state index contributed by atoms with van der Waals surface area (Å²) in [5.74, 6) is 0.882. The Balaban J connectivity index is 1.73. The quantitative estimate of drug-likeness (QED) is 0.444. The SMILES string of the molecule is CCNC(=NCCCn1nc(C)cc1C)NCCn1cccc1. The largest absolute Gasteiger partial charge is 0.357 e. The molecule has 2 rings (SSSR count). The van der Waals surface area contributed by atoms with Crippen molar-refractivity contribution in [2.24, 2.45) is 4.99 Å². The van der Waals surface area contributed by atoms with Gasteiger partial charge in [-0.2, -0.15) is 5.10 Å². The van der Waals surface area contributed by atoms with Crippen molar-refractivity contribution in [3.63, 3.8) is 0 Å². The predicted octanol–water partition coefficient (Wildman–Crippen LogP) is 1.95. The molecule has 0 aliphatic carbocycles. The van der Waals surface area contributed by atoms with E-state index in [1.54, 1.807) is 0 Å². The van der Waals surface area contributed by atoms with Gasteiger partial charge in [-0.25, -0.2) is 0 Å². The van der Waals surface area contributed by atoms with Gasteiger partial charge >= 0.3 is 0 Å². The molecular formula is C17H28N6. The Kier molecular flexibility index (Phi) is 6.72. The van der Waals surface area contributed by atoms with Crippen LogP contribution in [-0.2, 0) is 13.1 Å². The molecule has 0 fully saturated rings. The molecule has 0 unspecified atom stereocenters. The number of nitrogens with zero attached hydrogens (tertiary/aromatic N) is 4. The van der Waals surface area contributed by atoms with Crippen LogP contribution in [0.3, 0.4) is 0 Å². The number of nitrogens with one attached hydrogen (secondary N) is 2. The molecule has 6 nitrogen and oxygen atoms in total. The number of aliphatic imine (C=N–C) groups is 1. The Bertz CT molecular complexity index is 597. The molecule has 0 radical (unpaired) electrons. The third-order valence-electron chi connectivity index (χ3n) is 3.57. The van der Waals surface area contributed by atoms with Crippen LogP contribution in [0.4, 0.5) is 0 Å². The lowest BCUT2D eigenvalue weighted by Gasteiger charge is -2.11. The Morgan fingerprint density at radius 1 is 1.17 bits per heavy atom. The van der Waals surface area contributed by atoms with E-state index in [4.69, 9.17) is 0 Å². The Morgan fingerprint density at radius 3 is 2.61 bits per heavy atom. The maximum absolute atomic E-state index is 4.63. The van der Waals surface area contributed by atoms with Crippen LogP contribution in [0.2, 0.25) is 0 Å². The van der Waals surface area contributed by atoms with Crippen LogP contribution < -0.4 is 10.6 Å². The lowest BCUT2D eigenvalue weighted by atomic mass is 10.4. The highest BCUT2D eigenvalue weighted by Gasteiger charge is 2.00. The molecule has 2 aromatic heterocycles. The maximum atomic E-state index is 4.63. The minimum atomic E-state index is 0.789. The van der Waals surface area contributed by atoms with Crippen molar-refractivity contribution in [3.8, 4) is 0 Å². The summed E-state index contributed by atoms with van der Waals surface area (Å²) >= 11 is 0. The second-order valence-electron chi connectivity index (χ2n) is 5.61. The molecule has 0 aromatic carbocycles. The van der Waals surface area contributed by atoms with E-state index in [0.717, 1.165) is 50.8 Å². The van der Waals surface area contributed by atoms with Gasteiger partial charge in [-0.05, 0) is 45.4 Å². The third-order valence-corrected chi connectivity index (χ3v) is 3.57. The van der Waals surface area contributed by atoms with Crippen LogP contribution >= 0.6 is 0 Å². The van der Waals surface area contributed by atoms with Crippen molar-refractivity contribution in [3.05, 3.63) is 42.0 Å². The molecular weight excluding hydrogens is 288 g/mol. The Hall–Kier alpha value is -2.24. The second-order valence-corrected chi connectivity index (χ2v) is 5.61. The van der Waals surface area contributed by atoms with Crippen molar-refractivity contribution in [2.45, 2.75) is 40.3 Å². The zero-order valence-electron chi connectivity index (χ0n) is 14.4. The average molecular weight is 316 g/mol. The van der Waals surface area contributed by atoms with Crippen molar-refractivity contribution in [1.29, 1.82) is 0 Å². The van der Waals surface area contributed by atoms with Gasteiger partial charge < -0.3 is 15.2 Å². The molecule has 23 heavy (non-hydrogen) atoms. The standard InChI is InChI=1S/C17H28N6/c1-4-18-17(20-9-13-22-10-5-6-11-22)19-8-7-12-23-16(3)14-15(2)21-23/h5-6,10-11,14H,4,7-9,12-13H2,1-3H3,(H2,18,19,20).